The average Bonchev–Trinajstić information content (AvgIpc) is 3.20. The zero-order valence-corrected chi connectivity index (χ0v) is 19.3. The van der Waals surface area contributed by atoms with Crippen LogP contribution in [0.4, 0.5) is 30.2 Å². The number of carbonyl (C=O) groups excluding carboxylic acids is 1. The summed E-state index contributed by atoms with van der Waals surface area (Å²) < 4.78 is 43.3. The number of piperidine rings is 1. The summed E-state index contributed by atoms with van der Waals surface area (Å²) in [6.45, 7) is 1.26. The van der Waals surface area contributed by atoms with Gasteiger partial charge in [0.2, 0.25) is 0 Å². The van der Waals surface area contributed by atoms with Crippen LogP contribution in [-0.4, -0.2) is 40.1 Å². The minimum absolute atomic E-state index is 0.0509. The van der Waals surface area contributed by atoms with Crippen LogP contribution in [0.1, 0.15) is 47.1 Å². The molecule has 0 spiro atoms. The number of hydrogen-bond acceptors (Lipinski definition) is 7. The Labute approximate surface area is 205 Å². The van der Waals surface area contributed by atoms with Crippen LogP contribution in [-0.2, 0) is 6.42 Å². The van der Waals surface area contributed by atoms with Gasteiger partial charge in [-0.25, -0.2) is 18.2 Å². The zero-order chi connectivity index (χ0) is 25.6. The summed E-state index contributed by atoms with van der Waals surface area (Å²) in [5.74, 6) is -3.91. The molecule has 1 aliphatic carbocycles. The van der Waals surface area contributed by atoms with Gasteiger partial charge in [-0.2, -0.15) is 0 Å². The van der Waals surface area contributed by atoms with Crippen LogP contribution < -0.4 is 21.7 Å². The SMILES string of the molecule is Nc1cc(F)c(-c2c(F)cccc2F)nc1C(=O)Nc1cnc2c(c1N1CCC[C@H](N)C1)CC[C@H]2O. The second-order valence-electron chi connectivity index (χ2n) is 9.09. The highest BCUT2D eigenvalue weighted by Gasteiger charge is 2.31. The molecule has 1 fully saturated rings. The molecule has 0 saturated carbocycles. The minimum atomic E-state index is -1.07. The van der Waals surface area contributed by atoms with Crippen LogP contribution in [0, 0.1) is 17.5 Å². The van der Waals surface area contributed by atoms with Crippen molar-refractivity contribution in [2.75, 3.05) is 29.0 Å². The molecule has 2 aromatic heterocycles. The van der Waals surface area contributed by atoms with E-state index in [0.717, 1.165) is 42.7 Å². The molecule has 2 atom stereocenters. The van der Waals surface area contributed by atoms with Crippen LogP contribution >= 0.6 is 0 Å². The van der Waals surface area contributed by atoms with Gasteiger partial charge in [0.15, 0.2) is 11.5 Å². The number of hydrogen-bond donors (Lipinski definition) is 4. The summed E-state index contributed by atoms with van der Waals surface area (Å²) in [4.78, 5) is 23.6. The number of pyridine rings is 2. The van der Waals surface area contributed by atoms with Crippen molar-refractivity contribution < 1.29 is 23.1 Å². The summed E-state index contributed by atoms with van der Waals surface area (Å²) >= 11 is 0. The Morgan fingerprint density at radius 2 is 1.92 bits per heavy atom. The van der Waals surface area contributed by atoms with Gasteiger partial charge >= 0.3 is 0 Å². The van der Waals surface area contributed by atoms with Crippen LogP contribution in [0.25, 0.3) is 11.3 Å². The van der Waals surface area contributed by atoms with E-state index in [1.54, 1.807) is 0 Å². The zero-order valence-electron chi connectivity index (χ0n) is 19.3. The highest BCUT2D eigenvalue weighted by Crippen LogP contribution is 2.41. The fourth-order valence-corrected chi connectivity index (χ4v) is 4.94. The predicted octanol–water partition coefficient (Wildman–Crippen LogP) is 3.30. The quantitative estimate of drug-likeness (QED) is 0.434. The number of nitrogens with two attached hydrogens (primary N) is 2. The Kier molecular flexibility index (Phi) is 6.27. The summed E-state index contributed by atoms with van der Waals surface area (Å²) in [6.07, 6.45) is 3.56. The van der Waals surface area contributed by atoms with E-state index in [0.29, 0.717) is 43.0 Å². The largest absolute Gasteiger partial charge is 0.397 e. The molecule has 2 aliphatic rings. The number of rotatable bonds is 4. The van der Waals surface area contributed by atoms with Crippen LogP contribution in [0.15, 0.2) is 30.5 Å². The number of nitrogen functional groups attached to an aromatic ring is 1. The molecule has 0 unspecified atom stereocenters. The van der Waals surface area contributed by atoms with Gasteiger partial charge in [-0.1, -0.05) is 6.07 Å². The lowest BCUT2D eigenvalue weighted by Crippen LogP contribution is -2.43. The fourth-order valence-electron chi connectivity index (χ4n) is 4.94. The second-order valence-corrected chi connectivity index (χ2v) is 9.09. The number of amides is 1. The monoisotopic (exact) mass is 498 g/mol. The number of aliphatic hydroxyl groups excluding tert-OH is 1. The molecule has 1 saturated heterocycles. The number of fused-ring (bicyclic) bond motifs is 1. The topological polar surface area (TPSA) is 130 Å². The Morgan fingerprint density at radius 3 is 2.64 bits per heavy atom. The maximum atomic E-state index is 14.6. The van der Waals surface area contributed by atoms with Crippen molar-refractivity contribution in [3.63, 3.8) is 0 Å². The normalized spacial score (nSPS) is 19.3. The van der Waals surface area contributed by atoms with E-state index in [9.17, 15) is 23.1 Å². The lowest BCUT2D eigenvalue weighted by Gasteiger charge is -2.35. The second kappa shape index (κ2) is 9.40. The molecule has 188 valence electrons. The van der Waals surface area contributed by atoms with Crippen LogP contribution in [0.5, 0.6) is 0 Å². The Bertz CT molecular complexity index is 1330. The number of aliphatic hydroxyl groups is 1. The first-order valence-electron chi connectivity index (χ1n) is 11.7. The smallest absolute Gasteiger partial charge is 0.276 e. The van der Waals surface area contributed by atoms with Crippen molar-refractivity contribution in [3.05, 3.63) is 64.9 Å². The lowest BCUT2D eigenvalue weighted by molar-refractivity contribution is 0.102. The Hall–Kier alpha value is -3.70. The van der Waals surface area contributed by atoms with Crippen molar-refractivity contribution in [2.45, 2.75) is 37.8 Å². The molecule has 1 aliphatic heterocycles. The summed E-state index contributed by atoms with van der Waals surface area (Å²) in [6, 6.07) is 3.84. The van der Waals surface area contributed by atoms with E-state index in [1.165, 1.54) is 6.20 Å². The number of nitrogens with zero attached hydrogens (tertiary/aromatic N) is 3. The van der Waals surface area contributed by atoms with Gasteiger partial charge < -0.3 is 26.8 Å². The molecule has 1 aromatic carbocycles. The third-order valence-electron chi connectivity index (χ3n) is 6.61. The molecule has 8 nitrogen and oxygen atoms in total. The number of nitrogens with one attached hydrogen (secondary N) is 1. The van der Waals surface area contributed by atoms with E-state index in [1.807, 2.05) is 0 Å². The van der Waals surface area contributed by atoms with Crippen LogP contribution in [0.3, 0.4) is 0 Å². The number of halogens is 3. The molecule has 5 rings (SSSR count). The molecule has 1 amide bonds. The third kappa shape index (κ3) is 4.24. The lowest BCUT2D eigenvalue weighted by atomic mass is 10.0. The van der Waals surface area contributed by atoms with Gasteiger partial charge in [0.05, 0.1) is 40.6 Å². The first-order chi connectivity index (χ1) is 17.2. The molecule has 3 aromatic rings. The Morgan fingerprint density at radius 1 is 1.17 bits per heavy atom. The van der Waals surface area contributed by atoms with E-state index in [4.69, 9.17) is 11.5 Å². The van der Waals surface area contributed by atoms with E-state index in [-0.39, 0.29) is 11.7 Å². The maximum Gasteiger partial charge on any atom is 0.276 e. The molecule has 36 heavy (non-hydrogen) atoms. The average molecular weight is 499 g/mol. The third-order valence-corrected chi connectivity index (χ3v) is 6.61. The minimum Gasteiger partial charge on any atom is -0.397 e. The highest BCUT2D eigenvalue weighted by molar-refractivity contribution is 6.08. The molecule has 3 heterocycles. The number of benzene rings is 1. The first kappa shape index (κ1) is 24.0. The summed E-state index contributed by atoms with van der Waals surface area (Å²) in [5.41, 5.74) is 12.5. The first-order valence-corrected chi connectivity index (χ1v) is 11.7. The number of anilines is 3. The Balaban J connectivity index is 1.55. The number of aromatic nitrogens is 2. The van der Waals surface area contributed by atoms with Crippen molar-refractivity contribution in [2.24, 2.45) is 5.73 Å². The van der Waals surface area contributed by atoms with Gasteiger partial charge in [0, 0.05) is 30.8 Å². The summed E-state index contributed by atoms with van der Waals surface area (Å²) in [5, 5.41) is 13.1. The molecular weight excluding hydrogens is 473 g/mol. The van der Waals surface area contributed by atoms with Crippen molar-refractivity contribution in [1.29, 1.82) is 0 Å². The van der Waals surface area contributed by atoms with Crippen molar-refractivity contribution in [3.8, 4) is 11.3 Å². The highest BCUT2D eigenvalue weighted by atomic mass is 19.1. The van der Waals surface area contributed by atoms with Crippen molar-refractivity contribution >= 4 is 23.0 Å². The fraction of sp³-hybridized carbons (Fsp3) is 0.320. The van der Waals surface area contributed by atoms with Gasteiger partial charge in [-0.3, -0.25) is 9.78 Å². The van der Waals surface area contributed by atoms with Gasteiger partial charge in [0.1, 0.15) is 17.3 Å². The standard InChI is InChI=1S/C25H25F3N6O2/c26-14-4-1-5-15(27)20(14)22-16(28)9-17(30)23(33-22)25(36)32-18-10-31-21-13(6-7-19(21)35)24(18)34-8-2-3-12(29)11-34/h1,4-5,9-10,12,19,35H,2-3,6-8,11,29-30H2,(H,32,36)/t12-,19+/m0/s1. The predicted molar refractivity (Wildman–Crippen MR) is 129 cm³/mol. The van der Waals surface area contributed by atoms with Crippen molar-refractivity contribution in [1.82, 2.24) is 9.97 Å². The molecule has 6 N–H and O–H groups in total. The van der Waals surface area contributed by atoms with Gasteiger partial charge in [-0.05, 0) is 37.8 Å². The summed E-state index contributed by atoms with van der Waals surface area (Å²) in [7, 11) is 0. The van der Waals surface area contributed by atoms with Gasteiger partial charge in [0.25, 0.3) is 5.91 Å². The maximum absolute atomic E-state index is 14.6. The molecule has 0 bridgehead atoms. The molecular formula is C25H25F3N6O2. The van der Waals surface area contributed by atoms with E-state index < -0.39 is 46.4 Å². The number of carbonyl (C=O) groups is 1. The van der Waals surface area contributed by atoms with E-state index >= 15 is 0 Å². The molecule has 0 radical (unpaired) electrons. The van der Waals surface area contributed by atoms with Gasteiger partial charge in [-0.15, -0.1) is 0 Å². The molecule has 11 heteroatoms. The van der Waals surface area contributed by atoms with E-state index in [2.05, 4.69) is 20.2 Å². The van der Waals surface area contributed by atoms with Crippen LogP contribution in [0.2, 0.25) is 0 Å².